The molecule has 1 N–H and O–H groups in total. The lowest BCUT2D eigenvalue weighted by Crippen LogP contribution is -2.25. The Morgan fingerprint density at radius 2 is 2.10 bits per heavy atom. The van der Waals surface area contributed by atoms with Crippen LogP contribution in [0, 0.1) is 13.8 Å². The van der Waals surface area contributed by atoms with Crippen molar-refractivity contribution in [3.8, 4) is 0 Å². The van der Waals surface area contributed by atoms with E-state index in [1.54, 1.807) is 7.05 Å². The van der Waals surface area contributed by atoms with Crippen LogP contribution in [0.4, 0.5) is 0 Å². The standard InChI is InChI=1S/C15H23N5/c1-5-9-16-14(10-15-17-19-20(4)18-15)13-8-6-7-11(2)12(13)3/h6-8,14,16H,5,9-10H2,1-4H3. The summed E-state index contributed by atoms with van der Waals surface area (Å²) in [5.41, 5.74) is 3.98. The van der Waals surface area contributed by atoms with Crippen LogP contribution in [0.25, 0.3) is 0 Å². The van der Waals surface area contributed by atoms with E-state index in [4.69, 9.17) is 0 Å². The fourth-order valence-corrected chi connectivity index (χ4v) is 2.35. The summed E-state index contributed by atoms with van der Waals surface area (Å²) < 4.78 is 0. The molecule has 1 atom stereocenters. The van der Waals surface area contributed by atoms with Crippen LogP contribution in [0.5, 0.6) is 0 Å². The SMILES string of the molecule is CCCNC(Cc1nnn(C)n1)c1cccc(C)c1C. The van der Waals surface area contributed by atoms with Crippen molar-refractivity contribution in [2.45, 2.75) is 39.7 Å². The molecule has 0 bridgehead atoms. The van der Waals surface area contributed by atoms with Crippen molar-refractivity contribution in [3.63, 3.8) is 0 Å². The molecule has 0 aliphatic rings. The van der Waals surface area contributed by atoms with Gasteiger partial charge in [0.25, 0.3) is 0 Å². The van der Waals surface area contributed by atoms with E-state index in [2.05, 4.69) is 59.7 Å². The third-order valence-electron chi connectivity index (χ3n) is 3.60. The summed E-state index contributed by atoms with van der Waals surface area (Å²) in [6.07, 6.45) is 1.87. The van der Waals surface area contributed by atoms with Gasteiger partial charge in [-0.1, -0.05) is 25.1 Å². The van der Waals surface area contributed by atoms with Gasteiger partial charge in [-0.2, -0.15) is 4.80 Å². The number of rotatable bonds is 6. The fraction of sp³-hybridized carbons (Fsp3) is 0.533. The molecular weight excluding hydrogens is 250 g/mol. The molecule has 0 aliphatic carbocycles. The number of tetrazole rings is 1. The average Bonchev–Trinajstić information content (AvgIpc) is 2.83. The van der Waals surface area contributed by atoms with Crippen LogP contribution in [-0.2, 0) is 13.5 Å². The van der Waals surface area contributed by atoms with Gasteiger partial charge in [-0.15, -0.1) is 10.2 Å². The Labute approximate surface area is 120 Å². The highest BCUT2D eigenvalue weighted by molar-refractivity contribution is 5.35. The Balaban J connectivity index is 2.24. The Morgan fingerprint density at radius 3 is 2.75 bits per heavy atom. The third-order valence-corrected chi connectivity index (χ3v) is 3.60. The number of hydrogen-bond donors (Lipinski definition) is 1. The van der Waals surface area contributed by atoms with E-state index in [9.17, 15) is 0 Å². The van der Waals surface area contributed by atoms with E-state index < -0.39 is 0 Å². The van der Waals surface area contributed by atoms with E-state index in [0.29, 0.717) is 0 Å². The monoisotopic (exact) mass is 273 g/mol. The van der Waals surface area contributed by atoms with Crippen LogP contribution in [0.3, 0.4) is 0 Å². The quantitative estimate of drug-likeness (QED) is 0.876. The van der Waals surface area contributed by atoms with E-state index >= 15 is 0 Å². The zero-order chi connectivity index (χ0) is 14.5. The van der Waals surface area contributed by atoms with Gasteiger partial charge in [0, 0.05) is 12.5 Å². The largest absolute Gasteiger partial charge is 0.310 e. The number of aryl methyl sites for hydroxylation is 2. The molecule has 1 aromatic carbocycles. The second-order valence-electron chi connectivity index (χ2n) is 5.20. The molecule has 0 fully saturated rings. The normalized spacial score (nSPS) is 12.6. The first kappa shape index (κ1) is 14.7. The van der Waals surface area contributed by atoms with Crippen molar-refractivity contribution in [1.82, 2.24) is 25.5 Å². The minimum Gasteiger partial charge on any atom is -0.310 e. The average molecular weight is 273 g/mol. The van der Waals surface area contributed by atoms with Crippen LogP contribution in [-0.4, -0.2) is 26.8 Å². The van der Waals surface area contributed by atoms with E-state index in [0.717, 1.165) is 25.2 Å². The topological polar surface area (TPSA) is 55.6 Å². The van der Waals surface area contributed by atoms with Crippen LogP contribution in [0.15, 0.2) is 18.2 Å². The van der Waals surface area contributed by atoms with Crippen LogP contribution < -0.4 is 5.32 Å². The fourth-order valence-electron chi connectivity index (χ4n) is 2.35. The molecule has 0 saturated carbocycles. The molecule has 1 unspecified atom stereocenters. The Hall–Kier alpha value is -1.75. The highest BCUT2D eigenvalue weighted by atomic mass is 15.6. The van der Waals surface area contributed by atoms with Crippen LogP contribution >= 0.6 is 0 Å². The second kappa shape index (κ2) is 6.61. The summed E-state index contributed by atoms with van der Waals surface area (Å²) in [5, 5.41) is 15.9. The molecule has 1 aromatic heterocycles. The van der Waals surface area contributed by atoms with E-state index in [1.807, 2.05) is 0 Å². The zero-order valence-electron chi connectivity index (χ0n) is 12.7. The highest BCUT2D eigenvalue weighted by Crippen LogP contribution is 2.22. The summed E-state index contributed by atoms with van der Waals surface area (Å²) >= 11 is 0. The molecular formula is C15H23N5. The van der Waals surface area contributed by atoms with Gasteiger partial charge in [-0.3, -0.25) is 0 Å². The van der Waals surface area contributed by atoms with Gasteiger partial charge >= 0.3 is 0 Å². The van der Waals surface area contributed by atoms with Gasteiger partial charge < -0.3 is 5.32 Å². The maximum atomic E-state index is 4.29. The van der Waals surface area contributed by atoms with Gasteiger partial charge in [0.05, 0.1) is 7.05 Å². The lowest BCUT2D eigenvalue weighted by molar-refractivity contribution is 0.514. The Kier molecular flexibility index (Phi) is 4.84. The molecule has 2 aromatic rings. The first-order valence-corrected chi connectivity index (χ1v) is 7.14. The highest BCUT2D eigenvalue weighted by Gasteiger charge is 2.17. The lowest BCUT2D eigenvalue weighted by atomic mass is 9.95. The molecule has 0 spiro atoms. The van der Waals surface area contributed by atoms with E-state index in [1.165, 1.54) is 21.5 Å². The molecule has 0 saturated heterocycles. The summed E-state index contributed by atoms with van der Waals surface area (Å²) in [6.45, 7) is 7.48. The van der Waals surface area contributed by atoms with Crippen LogP contribution in [0.1, 0.15) is 41.9 Å². The number of hydrogen-bond acceptors (Lipinski definition) is 4. The smallest absolute Gasteiger partial charge is 0.176 e. The predicted molar refractivity (Wildman–Crippen MR) is 79.5 cm³/mol. The van der Waals surface area contributed by atoms with Gasteiger partial charge in [0.15, 0.2) is 5.82 Å². The van der Waals surface area contributed by atoms with Crippen molar-refractivity contribution in [1.29, 1.82) is 0 Å². The van der Waals surface area contributed by atoms with Gasteiger partial charge in [0.1, 0.15) is 0 Å². The number of nitrogens with zero attached hydrogens (tertiary/aromatic N) is 4. The van der Waals surface area contributed by atoms with Crippen molar-refractivity contribution in [3.05, 3.63) is 40.7 Å². The molecule has 5 nitrogen and oxygen atoms in total. The summed E-state index contributed by atoms with van der Waals surface area (Å²) in [4.78, 5) is 1.51. The number of nitrogens with one attached hydrogen (secondary N) is 1. The summed E-state index contributed by atoms with van der Waals surface area (Å²) in [6, 6.07) is 6.68. The van der Waals surface area contributed by atoms with Crippen molar-refractivity contribution < 1.29 is 0 Å². The second-order valence-corrected chi connectivity index (χ2v) is 5.20. The Bertz CT molecular complexity index is 561. The Morgan fingerprint density at radius 1 is 1.30 bits per heavy atom. The molecule has 108 valence electrons. The molecule has 0 amide bonds. The maximum absolute atomic E-state index is 4.29. The van der Waals surface area contributed by atoms with Crippen molar-refractivity contribution in [2.75, 3.05) is 6.54 Å². The van der Waals surface area contributed by atoms with Crippen molar-refractivity contribution in [2.24, 2.45) is 7.05 Å². The molecule has 0 radical (unpaired) electrons. The molecule has 20 heavy (non-hydrogen) atoms. The minimum atomic E-state index is 0.235. The zero-order valence-corrected chi connectivity index (χ0v) is 12.7. The lowest BCUT2D eigenvalue weighted by Gasteiger charge is -2.20. The summed E-state index contributed by atoms with van der Waals surface area (Å²) in [7, 11) is 1.79. The first-order chi connectivity index (χ1) is 9.61. The number of benzene rings is 1. The van der Waals surface area contributed by atoms with Gasteiger partial charge in [-0.05, 0) is 48.7 Å². The molecule has 5 heteroatoms. The minimum absolute atomic E-state index is 0.235. The van der Waals surface area contributed by atoms with Gasteiger partial charge in [0.2, 0.25) is 0 Å². The predicted octanol–water partition coefficient (Wildman–Crippen LogP) is 2.11. The third kappa shape index (κ3) is 3.42. The van der Waals surface area contributed by atoms with Crippen molar-refractivity contribution >= 4 is 0 Å². The molecule has 2 rings (SSSR count). The first-order valence-electron chi connectivity index (χ1n) is 7.14. The number of aromatic nitrogens is 4. The van der Waals surface area contributed by atoms with Crippen LogP contribution in [0.2, 0.25) is 0 Å². The maximum Gasteiger partial charge on any atom is 0.176 e. The van der Waals surface area contributed by atoms with E-state index in [-0.39, 0.29) is 6.04 Å². The molecule has 1 heterocycles. The molecule has 0 aliphatic heterocycles. The summed E-state index contributed by atoms with van der Waals surface area (Å²) in [5.74, 6) is 0.780. The van der Waals surface area contributed by atoms with Gasteiger partial charge in [-0.25, -0.2) is 0 Å².